The van der Waals surface area contributed by atoms with Gasteiger partial charge in [-0.15, -0.1) is 0 Å². The molecular formula is C6H14AlN12O10P3. The first-order chi connectivity index (χ1) is 13.8. The molecule has 2 rings (SSSR count). The Labute approximate surface area is 188 Å². The maximum absolute atomic E-state index is 10.2. The van der Waals surface area contributed by atoms with E-state index in [1.165, 1.54) is 0 Å². The second-order valence-electron chi connectivity index (χ2n) is 4.37. The average Bonchev–Trinajstić information content (AvgIpc) is 2.39. The third-order valence-corrected chi connectivity index (χ3v) is 5.03. The van der Waals surface area contributed by atoms with Crippen LogP contribution in [-0.4, -0.2) is 57.1 Å². The zero-order valence-corrected chi connectivity index (χ0v) is 19.1. The second kappa shape index (κ2) is 12.7. The molecular weight excluding hydrogens is 520 g/mol. The molecule has 2 aromatic heterocycles. The number of aromatic nitrogens is 6. The van der Waals surface area contributed by atoms with Gasteiger partial charge in [0.1, 0.15) is 0 Å². The molecule has 14 N–H and O–H groups in total. The van der Waals surface area contributed by atoms with E-state index in [1.807, 2.05) is 0 Å². The first kappa shape index (κ1) is 31.9. The van der Waals surface area contributed by atoms with Crippen molar-refractivity contribution >= 4 is 76.5 Å². The molecule has 2 unspecified atom stereocenters. The van der Waals surface area contributed by atoms with Gasteiger partial charge in [-0.2, -0.15) is 29.9 Å². The summed E-state index contributed by atoms with van der Waals surface area (Å²) in [5, 5.41) is 0. The van der Waals surface area contributed by atoms with Gasteiger partial charge in [0.25, 0.3) is 23.5 Å². The Morgan fingerprint density at radius 2 is 0.719 bits per heavy atom. The van der Waals surface area contributed by atoms with Crippen LogP contribution >= 0.6 is 23.5 Å². The summed E-state index contributed by atoms with van der Waals surface area (Å²) in [4.78, 5) is 66.2. The van der Waals surface area contributed by atoms with Crippen LogP contribution in [0, 0.1) is 0 Å². The third-order valence-electron chi connectivity index (χ3n) is 1.78. The van der Waals surface area contributed by atoms with Gasteiger partial charge in [-0.3, -0.25) is 13.7 Å². The smallest absolute Gasteiger partial charge is 0.756 e. The molecule has 0 aliphatic carbocycles. The van der Waals surface area contributed by atoms with Crippen molar-refractivity contribution in [1.82, 2.24) is 29.9 Å². The van der Waals surface area contributed by atoms with E-state index in [4.69, 9.17) is 44.2 Å². The Balaban J connectivity index is 0. The van der Waals surface area contributed by atoms with E-state index in [9.17, 15) is 28.4 Å². The fourth-order valence-corrected chi connectivity index (χ4v) is 3.53. The summed E-state index contributed by atoms with van der Waals surface area (Å²) < 4.78 is 35.3. The van der Waals surface area contributed by atoms with Gasteiger partial charge in [-0.1, -0.05) is 0 Å². The standard InChI is InChI=1S/2C3H6N6.Al.H5O10P3/c2*4-1-7-2(5)9-3(6)8-1;;1-11(2,3)9-13(7,8)10-12(4,5)6/h2*(H6,4,5,6,7,8,9);;(H,7,8)(H2,1,2,3)(H2,4,5,6)/q;;+3;/p-3. The molecule has 0 radical (unpaired) electrons. The predicted octanol–water partition coefficient (Wildman–Crippen LogP) is -5.73. The topological polar surface area (TPSA) is 413 Å². The van der Waals surface area contributed by atoms with Crippen molar-refractivity contribution in [2.24, 2.45) is 0 Å². The summed E-state index contributed by atoms with van der Waals surface area (Å²) in [6, 6.07) is 0. The molecule has 0 spiro atoms. The van der Waals surface area contributed by atoms with E-state index < -0.39 is 23.5 Å². The number of nitrogens with zero attached hydrogens (tertiary/aromatic N) is 6. The van der Waals surface area contributed by atoms with E-state index in [-0.39, 0.29) is 53.1 Å². The fourth-order valence-electron chi connectivity index (χ4n) is 1.12. The van der Waals surface area contributed by atoms with E-state index >= 15 is 0 Å². The minimum Gasteiger partial charge on any atom is -0.756 e. The predicted molar refractivity (Wildman–Crippen MR) is 101 cm³/mol. The van der Waals surface area contributed by atoms with Gasteiger partial charge in [0.05, 0.1) is 0 Å². The fraction of sp³-hybridized carbons (Fsp3) is 0. The normalized spacial score (nSPS) is 15.7. The Bertz CT molecular complexity index is 854. The Kier molecular flexibility index (Phi) is 12.7. The van der Waals surface area contributed by atoms with E-state index in [2.05, 4.69) is 38.5 Å². The van der Waals surface area contributed by atoms with Crippen LogP contribution in [0.1, 0.15) is 0 Å². The quantitative estimate of drug-likeness (QED) is 0.134. The minimum absolute atomic E-state index is 0. The number of anilines is 6. The van der Waals surface area contributed by atoms with Gasteiger partial charge in [-0.05, 0) is 0 Å². The molecule has 0 saturated carbocycles. The molecule has 2 atom stereocenters. The Morgan fingerprint density at radius 3 is 0.844 bits per heavy atom. The monoisotopic (exact) mass is 534 g/mol. The van der Waals surface area contributed by atoms with Crippen molar-refractivity contribution in [3.63, 3.8) is 0 Å². The van der Waals surface area contributed by atoms with Crippen molar-refractivity contribution in [1.29, 1.82) is 0 Å². The van der Waals surface area contributed by atoms with Gasteiger partial charge in [0, 0.05) is 0 Å². The number of rotatable bonds is 4. The molecule has 0 saturated heterocycles. The van der Waals surface area contributed by atoms with Crippen LogP contribution in [0.4, 0.5) is 35.7 Å². The number of hydrogen-bond donors (Lipinski definition) is 8. The van der Waals surface area contributed by atoms with Crippen molar-refractivity contribution < 1.29 is 46.8 Å². The molecule has 0 amide bonds. The SMILES string of the molecule is Nc1nc(N)nc(N)n1.Nc1nc(N)nc(N)n1.O=P([O-])(O)OP(=O)([O-])OP(=O)([O-])O.[Al+3]. The molecule has 0 bridgehead atoms. The molecule has 22 nitrogen and oxygen atoms in total. The second-order valence-corrected chi connectivity index (χ2v) is 8.44. The summed E-state index contributed by atoms with van der Waals surface area (Å²) in [6.45, 7) is 0. The molecule has 0 aliphatic heterocycles. The molecule has 2 aromatic rings. The zero-order chi connectivity index (χ0) is 24.6. The van der Waals surface area contributed by atoms with Crippen LogP contribution in [0.5, 0.6) is 0 Å². The minimum atomic E-state index is -5.84. The molecule has 176 valence electrons. The zero-order valence-electron chi connectivity index (χ0n) is 15.2. The van der Waals surface area contributed by atoms with Crippen LogP contribution < -0.4 is 49.1 Å². The van der Waals surface area contributed by atoms with Crippen molar-refractivity contribution in [2.45, 2.75) is 0 Å². The van der Waals surface area contributed by atoms with Gasteiger partial charge in [0.15, 0.2) is 0 Å². The molecule has 0 aliphatic rings. The average molecular weight is 534 g/mol. The summed E-state index contributed by atoms with van der Waals surface area (Å²) in [6.07, 6.45) is 0. The van der Waals surface area contributed by atoms with E-state index in [0.717, 1.165) is 0 Å². The van der Waals surface area contributed by atoms with E-state index in [1.54, 1.807) is 0 Å². The summed E-state index contributed by atoms with van der Waals surface area (Å²) >= 11 is 0. The van der Waals surface area contributed by atoms with Crippen LogP contribution in [0.2, 0.25) is 0 Å². The third kappa shape index (κ3) is 17.4. The summed E-state index contributed by atoms with van der Waals surface area (Å²) in [5.41, 5.74) is 30.8. The van der Waals surface area contributed by atoms with Crippen molar-refractivity contribution in [2.75, 3.05) is 34.4 Å². The van der Waals surface area contributed by atoms with Crippen molar-refractivity contribution in [3.05, 3.63) is 0 Å². The molecule has 26 heteroatoms. The maximum Gasteiger partial charge on any atom is 3.00 e. The largest absolute Gasteiger partial charge is 3.00 e. The van der Waals surface area contributed by atoms with Gasteiger partial charge >= 0.3 is 17.4 Å². The Hall–Kier alpha value is -2.24. The van der Waals surface area contributed by atoms with Crippen LogP contribution in [0.15, 0.2) is 0 Å². The summed E-state index contributed by atoms with van der Waals surface area (Å²) in [7, 11) is -17.2. The van der Waals surface area contributed by atoms with Crippen LogP contribution in [-0.2, 0) is 22.3 Å². The van der Waals surface area contributed by atoms with Gasteiger partial charge < -0.3 is 58.9 Å². The molecule has 0 aromatic carbocycles. The summed E-state index contributed by atoms with van der Waals surface area (Å²) in [5.74, 6) is 0.250. The van der Waals surface area contributed by atoms with Gasteiger partial charge in [-0.25, -0.2) is 8.62 Å². The number of hydrogen-bond acceptors (Lipinski definition) is 20. The number of nitrogen functional groups attached to an aromatic ring is 6. The first-order valence-electron chi connectivity index (χ1n) is 6.64. The number of nitrogens with two attached hydrogens (primary N) is 6. The Morgan fingerprint density at radius 1 is 0.562 bits per heavy atom. The number of phosphoric acid groups is 3. The van der Waals surface area contributed by atoms with Gasteiger partial charge in [0.2, 0.25) is 35.7 Å². The first-order valence-corrected chi connectivity index (χ1v) is 11.1. The maximum atomic E-state index is 10.2. The van der Waals surface area contributed by atoms with Crippen molar-refractivity contribution in [3.8, 4) is 0 Å². The van der Waals surface area contributed by atoms with Crippen LogP contribution in [0.25, 0.3) is 0 Å². The van der Waals surface area contributed by atoms with E-state index in [0.29, 0.717) is 0 Å². The molecule has 0 fully saturated rings. The van der Waals surface area contributed by atoms with Crippen LogP contribution in [0.3, 0.4) is 0 Å². The molecule has 32 heavy (non-hydrogen) atoms. The molecule has 2 heterocycles.